The molecule has 1 aromatic heterocycles. The second-order valence-electron chi connectivity index (χ2n) is 2.22. The van der Waals surface area contributed by atoms with Crippen LogP contribution in [0.1, 0.15) is 17.4 Å². The van der Waals surface area contributed by atoms with Crippen molar-refractivity contribution in [1.29, 1.82) is 0 Å². The van der Waals surface area contributed by atoms with E-state index in [0.29, 0.717) is 0 Å². The Bertz CT molecular complexity index is 258. The second-order valence-corrected chi connectivity index (χ2v) is 2.22. The minimum atomic E-state index is -1.10. The molecule has 1 atom stereocenters. The minimum absolute atomic E-state index is 0.193. The van der Waals surface area contributed by atoms with E-state index < -0.39 is 12.3 Å². The van der Waals surface area contributed by atoms with Gasteiger partial charge in [0.1, 0.15) is 5.69 Å². The standard InChI is InChI=1S/C8H9NO3/c1-6(10)12-8(11)7-4-2-3-5-9-7/h2-6,10H,1H3. The Morgan fingerprint density at radius 3 is 2.92 bits per heavy atom. The van der Waals surface area contributed by atoms with Crippen LogP contribution >= 0.6 is 0 Å². The third-order valence-corrected chi connectivity index (χ3v) is 1.15. The quantitative estimate of drug-likeness (QED) is 0.517. The molecule has 4 nitrogen and oxygen atoms in total. The molecular weight excluding hydrogens is 158 g/mol. The molecule has 1 N–H and O–H groups in total. The number of aliphatic hydroxyl groups excluding tert-OH is 1. The van der Waals surface area contributed by atoms with E-state index in [1.54, 1.807) is 12.1 Å². The monoisotopic (exact) mass is 167 g/mol. The van der Waals surface area contributed by atoms with Gasteiger partial charge in [0, 0.05) is 6.20 Å². The van der Waals surface area contributed by atoms with Crippen molar-refractivity contribution in [2.24, 2.45) is 0 Å². The highest BCUT2D eigenvalue weighted by Gasteiger charge is 2.09. The number of esters is 1. The first-order chi connectivity index (χ1) is 5.70. The van der Waals surface area contributed by atoms with E-state index in [1.807, 2.05) is 0 Å². The number of aromatic nitrogens is 1. The fourth-order valence-electron chi connectivity index (χ4n) is 0.699. The van der Waals surface area contributed by atoms with Crippen LogP contribution < -0.4 is 0 Å². The van der Waals surface area contributed by atoms with Crippen LogP contribution in [0.25, 0.3) is 0 Å². The van der Waals surface area contributed by atoms with Gasteiger partial charge >= 0.3 is 5.97 Å². The van der Waals surface area contributed by atoms with Crippen molar-refractivity contribution in [2.75, 3.05) is 0 Å². The summed E-state index contributed by atoms with van der Waals surface area (Å²) in [7, 11) is 0. The zero-order valence-corrected chi connectivity index (χ0v) is 6.60. The molecule has 1 rings (SSSR count). The first-order valence-corrected chi connectivity index (χ1v) is 3.50. The van der Waals surface area contributed by atoms with E-state index in [0.717, 1.165) is 0 Å². The van der Waals surface area contributed by atoms with Crippen molar-refractivity contribution in [1.82, 2.24) is 4.98 Å². The first-order valence-electron chi connectivity index (χ1n) is 3.50. The van der Waals surface area contributed by atoms with Gasteiger partial charge in [-0.15, -0.1) is 0 Å². The summed E-state index contributed by atoms with van der Waals surface area (Å²) in [5.74, 6) is -0.620. The number of aliphatic hydroxyl groups is 1. The fraction of sp³-hybridized carbons (Fsp3) is 0.250. The van der Waals surface area contributed by atoms with Crippen LogP contribution in [-0.4, -0.2) is 22.3 Å². The Morgan fingerprint density at radius 1 is 1.67 bits per heavy atom. The highest BCUT2D eigenvalue weighted by Crippen LogP contribution is 1.98. The van der Waals surface area contributed by atoms with E-state index in [2.05, 4.69) is 9.72 Å². The lowest BCUT2D eigenvalue weighted by Crippen LogP contribution is -2.14. The number of carbonyl (C=O) groups is 1. The first kappa shape index (κ1) is 8.67. The van der Waals surface area contributed by atoms with Gasteiger partial charge in [0.2, 0.25) is 0 Å². The largest absolute Gasteiger partial charge is 0.432 e. The highest BCUT2D eigenvalue weighted by molar-refractivity contribution is 5.87. The lowest BCUT2D eigenvalue weighted by molar-refractivity contribution is -0.0527. The molecule has 0 radical (unpaired) electrons. The molecule has 0 aliphatic rings. The molecule has 0 fully saturated rings. The SMILES string of the molecule is CC(O)OC(=O)c1ccccn1. The molecule has 0 aliphatic carbocycles. The third kappa shape index (κ3) is 2.32. The summed E-state index contributed by atoms with van der Waals surface area (Å²) in [6.45, 7) is 1.36. The smallest absolute Gasteiger partial charge is 0.359 e. The molecule has 0 saturated heterocycles. The van der Waals surface area contributed by atoms with Crippen LogP contribution in [0, 0.1) is 0 Å². The normalized spacial score (nSPS) is 12.2. The number of rotatable bonds is 2. The predicted octanol–water partition coefficient (Wildman–Crippen LogP) is 0.577. The van der Waals surface area contributed by atoms with E-state index >= 15 is 0 Å². The summed E-state index contributed by atoms with van der Waals surface area (Å²) < 4.78 is 4.49. The van der Waals surface area contributed by atoms with Gasteiger partial charge in [-0.05, 0) is 19.1 Å². The Labute approximate surface area is 69.8 Å². The van der Waals surface area contributed by atoms with Crippen LogP contribution in [0.2, 0.25) is 0 Å². The number of nitrogens with zero attached hydrogens (tertiary/aromatic N) is 1. The Morgan fingerprint density at radius 2 is 2.42 bits per heavy atom. The van der Waals surface area contributed by atoms with Gasteiger partial charge in [0.05, 0.1) is 0 Å². The summed E-state index contributed by atoms with van der Waals surface area (Å²) in [6.07, 6.45) is 0.387. The molecule has 4 heteroatoms. The summed E-state index contributed by atoms with van der Waals surface area (Å²) in [5, 5.41) is 8.71. The summed E-state index contributed by atoms with van der Waals surface area (Å²) in [5.41, 5.74) is 0.193. The molecule has 64 valence electrons. The molecule has 0 saturated carbocycles. The van der Waals surface area contributed by atoms with E-state index in [4.69, 9.17) is 5.11 Å². The summed E-state index contributed by atoms with van der Waals surface area (Å²) in [6, 6.07) is 4.88. The minimum Gasteiger partial charge on any atom is -0.432 e. The van der Waals surface area contributed by atoms with Crippen molar-refractivity contribution in [3.8, 4) is 0 Å². The third-order valence-electron chi connectivity index (χ3n) is 1.15. The average Bonchev–Trinajstić information content (AvgIpc) is 2.05. The Balaban J connectivity index is 2.66. The average molecular weight is 167 g/mol. The summed E-state index contributed by atoms with van der Waals surface area (Å²) in [4.78, 5) is 14.8. The zero-order valence-electron chi connectivity index (χ0n) is 6.60. The maximum atomic E-state index is 11.0. The van der Waals surface area contributed by atoms with Crippen LogP contribution in [-0.2, 0) is 4.74 Å². The van der Waals surface area contributed by atoms with Crippen molar-refractivity contribution < 1.29 is 14.6 Å². The number of carbonyl (C=O) groups excluding carboxylic acids is 1. The number of hydrogen-bond acceptors (Lipinski definition) is 4. The number of hydrogen-bond donors (Lipinski definition) is 1. The van der Waals surface area contributed by atoms with Crippen molar-refractivity contribution >= 4 is 5.97 Å². The van der Waals surface area contributed by atoms with Crippen LogP contribution in [0.3, 0.4) is 0 Å². The number of ether oxygens (including phenoxy) is 1. The topological polar surface area (TPSA) is 59.4 Å². The summed E-state index contributed by atoms with van der Waals surface area (Å²) >= 11 is 0. The molecule has 1 aromatic rings. The van der Waals surface area contributed by atoms with E-state index in [1.165, 1.54) is 19.2 Å². The molecule has 0 aromatic carbocycles. The van der Waals surface area contributed by atoms with Gasteiger partial charge in [-0.25, -0.2) is 9.78 Å². The van der Waals surface area contributed by atoms with Crippen molar-refractivity contribution in [3.63, 3.8) is 0 Å². The molecule has 0 spiro atoms. The molecule has 0 bridgehead atoms. The molecule has 0 aliphatic heterocycles. The number of pyridine rings is 1. The second kappa shape index (κ2) is 3.82. The molecular formula is C8H9NO3. The zero-order chi connectivity index (χ0) is 8.97. The van der Waals surface area contributed by atoms with Gasteiger partial charge in [-0.2, -0.15) is 0 Å². The van der Waals surface area contributed by atoms with Gasteiger partial charge in [-0.3, -0.25) is 0 Å². The van der Waals surface area contributed by atoms with Crippen molar-refractivity contribution in [3.05, 3.63) is 30.1 Å². The van der Waals surface area contributed by atoms with Crippen LogP contribution in [0.5, 0.6) is 0 Å². The maximum Gasteiger partial charge on any atom is 0.359 e. The Hall–Kier alpha value is -1.42. The highest BCUT2D eigenvalue weighted by atomic mass is 16.6. The lowest BCUT2D eigenvalue weighted by Gasteiger charge is -2.04. The van der Waals surface area contributed by atoms with Gasteiger partial charge in [0.25, 0.3) is 0 Å². The van der Waals surface area contributed by atoms with Crippen LogP contribution in [0.4, 0.5) is 0 Å². The fourth-order valence-corrected chi connectivity index (χ4v) is 0.699. The van der Waals surface area contributed by atoms with E-state index in [-0.39, 0.29) is 5.69 Å². The van der Waals surface area contributed by atoms with Gasteiger partial charge < -0.3 is 9.84 Å². The molecule has 1 unspecified atom stereocenters. The maximum absolute atomic E-state index is 11.0. The predicted molar refractivity (Wildman–Crippen MR) is 41.3 cm³/mol. The van der Waals surface area contributed by atoms with Gasteiger partial charge in [0.15, 0.2) is 6.29 Å². The molecule has 1 heterocycles. The van der Waals surface area contributed by atoms with Crippen LogP contribution in [0.15, 0.2) is 24.4 Å². The molecule has 0 amide bonds. The van der Waals surface area contributed by atoms with E-state index in [9.17, 15) is 4.79 Å². The molecule has 12 heavy (non-hydrogen) atoms. The van der Waals surface area contributed by atoms with Crippen molar-refractivity contribution in [2.45, 2.75) is 13.2 Å². The Kier molecular flexibility index (Phi) is 2.76. The van der Waals surface area contributed by atoms with Gasteiger partial charge in [-0.1, -0.05) is 6.07 Å². The lowest BCUT2D eigenvalue weighted by atomic mass is 10.3.